The van der Waals surface area contributed by atoms with Gasteiger partial charge in [-0.3, -0.25) is 9.78 Å². The zero-order valence-corrected chi connectivity index (χ0v) is 7.68. The summed E-state index contributed by atoms with van der Waals surface area (Å²) in [4.78, 5) is 14.9. The van der Waals surface area contributed by atoms with Gasteiger partial charge in [0.1, 0.15) is 6.79 Å². The second-order valence-corrected chi connectivity index (χ2v) is 3.15. The van der Waals surface area contributed by atoms with Crippen LogP contribution in [-0.4, -0.2) is 31.3 Å². The van der Waals surface area contributed by atoms with Gasteiger partial charge >= 0.3 is 0 Å². The highest BCUT2D eigenvalue weighted by Crippen LogP contribution is 2.20. The van der Waals surface area contributed by atoms with Crippen LogP contribution in [0.2, 0.25) is 0 Å². The van der Waals surface area contributed by atoms with Gasteiger partial charge in [-0.15, -0.1) is 0 Å². The molecule has 0 N–H and O–H groups in total. The molecule has 1 fully saturated rings. The quantitative estimate of drug-likeness (QED) is 0.657. The SMILES string of the molecule is O=Cc1cccnc1C1COCOC1. The predicted octanol–water partition coefficient (Wildman–Crippen LogP) is 0.982. The number of ether oxygens (including phenoxy) is 2. The molecule has 1 aliphatic rings. The lowest BCUT2D eigenvalue weighted by atomic mass is 10.0. The van der Waals surface area contributed by atoms with Crippen LogP contribution >= 0.6 is 0 Å². The van der Waals surface area contributed by atoms with Crippen molar-refractivity contribution in [3.63, 3.8) is 0 Å². The molecule has 0 atom stereocenters. The second-order valence-electron chi connectivity index (χ2n) is 3.15. The van der Waals surface area contributed by atoms with Gasteiger partial charge in [-0.25, -0.2) is 0 Å². The Morgan fingerprint density at radius 2 is 2.21 bits per heavy atom. The number of aromatic nitrogens is 1. The topological polar surface area (TPSA) is 48.4 Å². The van der Waals surface area contributed by atoms with Crippen LogP contribution in [0.5, 0.6) is 0 Å². The molecule has 14 heavy (non-hydrogen) atoms. The average molecular weight is 193 g/mol. The number of carbonyl (C=O) groups is 1. The first-order chi connectivity index (χ1) is 6.92. The Bertz CT molecular complexity index is 321. The molecule has 74 valence electrons. The van der Waals surface area contributed by atoms with Crippen LogP contribution in [0.3, 0.4) is 0 Å². The zero-order valence-electron chi connectivity index (χ0n) is 7.68. The Kier molecular flexibility index (Phi) is 2.86. The Morgan fingerprint density at radius 1 is 1.43 bits per heavy atom. The summed E-state index contributed by atoms with van der Waals surface area (Å²) in [6, 6.07) is 3.50. The van der Waals surface area contributed by atoms with Crippen molar-refractivity contribution in [2.45, 2.75) is 5.92 Å². The van der Waals surface area contributed by atoms with Crippen LogP contribution in [0.4, 0.5) is 0 Å². The van der Waals surface area contributed by atoms with Crippen LogP contribution in [0.25, 0.3) is 0 Å². The Morgan fingerprint density at radius 3 is 2.93 bits per heavy atom. The van der Waals surface area contributed by atoms with Crippen molar-refractivity contribution in [3.05, 3.63) is 29.6 Å². The van der Waals surface area contributed by atoms with Gasteiger partial charge in [0, 0.05) is 17.7 Å². The molecule has 0 radical (unpaired) electrons. The third-order valence-electron chi connectivity index (χ3n) is 2.19. The first-order valence-corrected chi connectivity index (χ1v) is 4.47. The Labute approximate surface area is 81.9 Å². The molecular weight excluding hydrogens is 182 g/mol. The van der Waals surface area contributed by atoms with Gasteiger partial charge in [0.2, 0.25) is 0 Å². The lowest BCUT2D eigenvalue weighted by Crippen LogP contribution is -2.24. The Hall–Kier alpha value is -1.26. The van der Waals surface area contributed by atoms with E-state index < -0.39 is 0 Å². The third kappa shape index (κ3) is 1.81. The monoisotopic (exact) mass is 193 g/mol. The Balaban J connectivity index is 2.24. The maximum atomic E-state index is 10.7. The number of carbonyl (C=O) groups excluding carboxylic acids is 1. The van der Waals surface area contributed by atoms with E-state index in [1.165, 1.54) is 0 Å². The third-order valence-corrected chi connectivity index (χ3v) is 2.19. The molecular formula is C10H11NO3. The van der Waals surface area contributed by atoms with Gasteiger partial charge in [-0.05, 0) is 12.1 Å². The van der Waals surface area contributed by atoms with E-state index in [9.17, 15) is 4.79 Å². The molecule has 2 heterocycles. The van der Waals surface area contributed by atoms with Crippen molar-refractivity contribution in [3.8, 4) is 0 Å². The average Bonchev–Trinajstić information content (AvgIpc) is 2.30. The van der Waals surface area contributed by atoms with Crippen LogP contribution in [-0.2, 0) is 9.47 Å². The highest BCUT2D eigenvalue weighted by Gasteiger charge is 2.20. The molecule has 0 aromatic carbocycles. The van der Waals surface area contributed by atoms with E-state index in [0.717, 1.165) is 12.0 Å². The smallest absolute Gasteiger partial charge is 0.151 e. The van der Waals surface area contributed by atoms with Crippen LogP contribution < -0.4 is 0 Å². The highest BCUT2D eigenvalue weighted by molar-refractivity contribution is 5.76. The maximum absolute atomic E-state index is 10.7. The van der Waals surface area contributed by atoms with Crippen LogP contribution in [0, 0.1) is 0 Å². The molecule has 0 unspecified atom stereocenters. The molecule has 4 heteroatoms. The summed E-state index contributed by atoms with van der Waals surface area (Å²) in [6.07, 6.45) is 2.49. The minimum absolute atomic E-state index is 0.0742. The molecule has 0 bridgehead atoms. The number of rotatable bonds is 2. The molecule has 0 saturated carbocycles. The number of pyridine rings is 1. The summed E-state index contributed by atoms with van der Waals surface area (Å²) < 4.78 is 10.3. The molecule has 4 nitrogen and oxygen atoms in total. The summed E-state index contributed by atoms with van der Waals surface area (Å²) in [7, 11) is 0. The number of hydrogen-bond acceptors (Lipinski definition) is 4. The first-order valence-electron chi connectivity index (χ1n) is 4.47. The summed E-state index contributed by atoms with van der Waals surface area (Å²) in [5, 5.41) is 0. The van der Waals surface area contributed by atoms with Gasteiger partial charge in [0.05, 0.1) is 18.9 Å². The second kappa shape index (κ2) is 4.30. The standard InChI is InChI=1S/C10H11NO3/c12-4-8-2-1-3-11-10(8)9-5-13-7-14-6-9/h1-4,9H,5-7H2. The molecule has 1 aliphatic heterocycles. The van der Waals surface area contributed by atoms with Gasteiger partial charge in [-0.1, -0.05) is 0 Å². The number of nitrogens with zero attached hydrogens (tertiary/aromatic N) is 1. The maximum Gasteiger partial charge on any atom is 0.151 e. The molecule has 2 rings (SSSR count). The van der Waals surface area contributed by atoms with Gasteiger partial charge in [-0.2, -0.15) is 0 Å². The lowest BCUT2D eigenvalue weighted by Gasteiger charge is -2.22. The van der Waals surface area contributed by atoms with E-state index in [0.29, 0.717) is 25.6 Å². The number of hydrogen-bond donors (Lipinski definition) is 0. The lowest BCUT2D eigenvalue weighted by molar-refractivity contribution is -0.108. The summed E-state index contributed by atoms with van der Waals surface area (Å²) in [6.45, 7) is 1.47. The molecule has 0 aliphatic carbocycles. The fraction of sp³-hybridized carbons (Fsp3) is 0.400. The number of aldehydes is 1. The van der Waals surface area contributed by atoms with Gasteiger partial charge in [0.15, 0.2) is 6.29 Å². The predicted molar refractivity (Wildman–Crippen MR) is 49.1 cm³/mol. The van der Waals surface area contributed by atoms with E-state index in [1.807, 2.05) is 0 Å². The minimum atomic E-state index is 0.0742. The van der Waals surface area contributed by atoms with Crippen molar-refractivity contribution in [1.82, 2.24) is 4.98 Å². The molecule has 1 saturated heterocycles. The van der Waals surface area contributed by atoms with E-state index in [4.69, 9.17) is 9.47 Å². The van der Waals surface area contributed by atoms with E-state index in [-0.39, 0.29) is 5.92 Å². The van der Waals surface area contributed by atoms with E-state index in [1.54, 1.807) is 18.3 Å². The van der Waals surface area contributed by atoms with Crippen molar-refractivity contribution in [1.29, 1.82) is 0 Å². The minimum Gasteiger partial charge on any atom is -0.355 e. The first kappa shape index (κ1) is 9.30. The molecule has 1 aromatic rings. The fourth-order valence-corrected chi connectivity index (χ4v) is 1.52. The van der Waals surface area contributed by atoms with E-state index >= 15 is 0 Å². The van der Waals surface area contributed by atoms with Gasteiger partial charge < -0.3 is 9.47 Å². The van der Waals surface area contributed by atoms with Gasteiger partial charge in [0.25, 0.3) is 0 Å². The molecule has 0 amide bonds. The normalized spacial score (nSPS) is 18.0. The largest absolute Gasteiger partial charge is 0.355 e. The molecule has 0 spiro atoms. The van der Waals surface area contributed by atoms with Crippen molar-refractivity contribution in [2.75, 3.05) is 20.0 Å². The van der Waals surface area contributed by atoms with Crippen LogP contribution in [0.15, 0.2) is 18.3 Å². The highest BCUT2D eigenvalue weighted by atomic mass is 16.7. The summed E-state index contributed by atoms with van der Waals surface area (Å²) >= 11 is 0. The van der Waals surface area contributed by atoms with Crippen molar-refractivity contribution in [2.24, 2.45) is 0 Å². The fourth-order valence-electron chi connectivity index (χ4n) is 1.52. The zero-order chi connectivity index (χ0) is 9.80. The van der Waals surface area contributed by atoms with E-state index in [2.05, 4.69) is 4.98 Å². The van der Waals surface area contributed by atoms with Crippen molar-refractivity contribution < 1.29 is 14.3 Å². The summed E-state index contributed by atoms with van der Waals surface area (Å²) in [5.74, 6) is 0.0742. The van der Waals surface area contributed by atoms with Crippen molar-refractivity contribution >= 4 is 6.29 Å². The van der Waals surface area contributed by atoms with Crippen LogP contribution in [0.1, 0.15) is 22.0 Å². The summed E-state index contributed by atoms with van der Waals surface area (Å²) in [5.41, 5.74) is 1.38. The molecule has 1 aromatic heterocycles.